The van der Waals surface area contributed by atoms with Gasteiger partial charge in [0.1, 0.15) is 6.10 Å². The molecule has 1 aliphatic heterocycles. The number of aliphatic carboxylic acids is 1. The number of carboxylic acid groups (broad SMARTS) is 1. The zero-order chi connectivity index (χ0) is 21.3. The lowest BCUT2D eigenvalue weighted by Crippen LogP contribution is -2.43. The highest BCUT2D eigenvalue weighted by Crippen LogP contribution is 2.32. The molecular formula is C22H29F2NO4. The summed E-state index contributed by atoms with van der Waals surface area (Å²) in [4.78, 5) is 24.5. The molecule has 1 aromatic rings. The Kier molecular flexibility index (Phi) is 8.76. The second-order valence-electron chi connectivity index (χ2n) is 7.42. The van der Waals surface area contributed by atoms with Crippen LogP contribution in [0.4, 0.5) is 8.78 Å². The molecule has 2 N–H and O–H groups in total. The summed E-state index contributed by atoms with van der Waals surface area (Å²) < 4.78 is 28.9. The van der Waals surface area contributed by atoms with Crippen LogP contribution in [0.2, 0.25) is 0 Å². The van der Waals surface area contributed by atoms with Gasteiger partial charge in [-0.2, -0.15) is 8.78 Å². The number of carboxylic acids is 1. The monoisotopic (exact) mass is 409 g/mol. The maximum absolute atomic E-state index is 14.4. The quantitative estimate of drug-likeness (QED) is 0.426. The number of alkyl halides is 2. The predicted molar refractivity (Wildman–Crippen MR) is 106 cm³/mol. The maximum Gasteiger partial charge on any atom is 0.303 e. The van der Waals surface area contributed by atoms with Gasteiger partial charge >= 0.3 is 11.9 Å². The van der Waals surface area contributed by atoms with E-state index in [0.717, 1.165) is 25.3 Å². The molecular weight excluding hydrogens is 380 g/mol. The highest BCUT2D eigenvalue weighted by molar-refractivity contribution is 5.77. The fourth-order valence-corrected chi connectivity index (χ4v) is 3.53. The van der Waals surface area contributed by atoms with Crippen LogP contribution in [0, 0.1) is 0 Å². The second kappa shape index (κ2) is 11.0. The Hall–Kier alpha value is -2.28. The first kappa shape index (κ1) is 23.0. The summed E-state index contributed by atoms with van der Waals surface area (Å²) in [6.45, 7) is 0.506. The number of carbonyl (C=O) groups excluding carboxylic acids is 1. The zero-order valence-corrected chi connectivity index (χ0v) is 16.5. The van der Waals surface area contributed by atoms with Gasteiger partial charge in [-0.15, -0.1) is 0 Å². The van der Waals surface area contributed by atoms with Gasteiger partial charge in [0, 0.05) is 24.9 Å². The number of unbranched alkanes of at least 4 members (excludes halogenated alkanes) is 3. The third kappa shape index (κ3) is 6.92. The van der Waals surface area contributed by atoms with E-state index < -0.39 is 18.0 Å². The van der Waals surface area contributed by atoms with E-state index in [0.29, 0.717) is 32.2 Å². The lowest BCUT2D eigenvalue weighted by molar-refractivity contribution is -0.137. The Balaban J connectivity index is 1.92. The molecule has 1 amide bonds. The molecule has 0 saturated carbocycles. The standard InChI is InChI=1S/C22H29F2NO4/c23-22(24,17-9-4-3-5-10-17)19(26)15-14-18-11-8-12-20(27)25(18)16-7-2-1-6-13-21(28)29/h3-5,9-10,14-15,18-19,26H,1-2,6-8,11-13,16H2,(H,28,29)/b15-14+/t18?,19-/m1/s1. The van der Waals surface area contributed by atoms with E-state index in [1.807, 2.05) is 0 Å². The first-order valence-electron chi connectivity index (χ1n) is 10.1. The van der Waals surface area contributed by atoms with Gasteiger partial charge in [0.05, 0.1) is 6.04 Å². The number of benzene rings is 1. The van der Waals surface area contributed by atoms with Crippen molar-refractivity contribution in [2.24, 2.45) is 0 Å². The number of hydrogen-bond donors (Lipinski definition) is 2. The van der Waals surface area contributed by atoms with Gasteiger partial charge < -0.3 is 15.1 Å². The summed E-state index contributed by atoms with van der Waals surface area (Å²) in [6, 6.07) is 6.87. The van der Waals surface area contributed by atoms with E-state index in [2.05, 4.69) is 0 Å². The molecule has 1 fully saturated rings. The molecule has 160 valence electrons. The number of carbonyl (C=O) groups is 2. The average Bonchev–Trinajstić information content (AvgIpc) is 2.70. The molecule has 1 heterocycles. The second-order valence-corrected chi connectivity index (χ2v) is 7.42. The van der Waals surface area contributed by atoms with Crippen molar-refractivity contribution in [1.82, 2.24) is 4.90 Å². The van der Waals surface area contributed by atoms with Gasteiger partial charge in [-0.25, -0.2) is 0 Å². The molecule has 1 aromatic carbocycles. The van der Waals surface area contributed by atoms with Crippen LogP contribution in [0.15, 0.2) is 42.5 Å². The molecule has 1 unspecified atom stereocenters. The highest BCUT2D eigenvalue weighted by Gasteiger charge is 2.39. The van der Waals surface area contributed by atoms with E-state index in [-0.39, 0.29) is 23.9 Å². The molecule has 0 aliphatic carbocycles. The predicted octanol–water partition coefficient (Wildman–Crippen LogP) is 4.11. The molecule has 29 heavy (non-hydrogen) atoms. The van der Waals surface area contributed by atoms with Crippen molar-refractivity contribution in [1.29, 1.82) is 0 Å². The lowest BCUT2D eigenvalue weighted by Gasteiger charge is -2.34. The van der Waals surface area contributed by atoms with Crippen molar-refractivity contribution in [3.63, 3.8) is 0 Å². The summed E-state index contributed by atoms with van der Waals surface area (Å²) in [7, 11) is 0. The molecule has 5 nitrogen and oxygen atoms in total. The van der Waals surface area contributed by atoms with E-state index in [1.54, 1.807) is 11.0 Å². The van der Waals surface area contributed by atoms with Gasteiger partial charge in [0.25, 0.3) is 0 Å². The number of rotatable bonds is 11. The van der Waals surface area contributed by atoms with Gasteiger partial charge in [-0.05, 0) is 25.7 Å². The van der Waals surface area contributed by atoms with Gasteiger partial charge in [0.15, 0.2) is 0 Å². The lowest BCUT2D eigenvalue weighted by atomic mass is 9.98. The first-order chi connectivity index (χ1) is 13.8. The minimum absolute atomic E-state index is 0.0132. The fraction of sp³-hybridized carbons (Fsp3) is 0.545. The van der Waals surface area contributed by atoms with Gasteiger partial charge in [-0.1, -0.05) is 55.3 Å². The highest BCUT2D eigenvalue weighted by atomic mass is 19.3. The number of hydrogen-bond acceptors (Lipinski definition) is 3. The smallest absolute Gasteiger partial charge is 0.303 e. The maximum atomic E-state index is 14.4. The largest absolute Gasteiger partial charge is 0.481 e. The normalized spacial score (nSPS) is 18.9. The van der Waals surface area contributed by atoms with Crippen LogP contribution in [0.5, 0.6) is 0 Å². The summed E-state index contributed by atoms with van der Waals surface area (Å²) in [5.41, 5.74) is -0.255. The fourth-order valence-electron chi connectivity index (χ4n) is 3.53. The van der Waals surface area contributed by atoms with Crippen LogP contribution in [0.3, 0.4) is 0 Å². The average molecular weight is 409 g/mol. The van der Waals surface area contributed by atoms with Crippen molar-refractivity contribution in [3.05, 3.63) is 48.0 Å². The van der Waals surface area contributed by atoms with Crippen LogP contribution in [-0.2, 0) is 15.5 Å². The molecule has 0 spiro atoms. The molecule has 2 atom stereocenters. The van der Waals surface area contributed by atoms with Crippen molar-refractivity contribution in [2.75, 3.05) is 6.54 Å². The minimum Gasteiger partial charge on any atom is -0.481 e. The third-order valence-electron chi connectivity index (χ3n) is 5.20. The van der Waals surface area contributed by atoms with Crippen molar-refractivity contribution >= 4 is 11.9 Å². The van der Waals surface area contributed by atoms with Crippen LogP contribution >= 0.6 is 0 Å². The molecule has 0 aromatic heterocycles. The van der Waals surface area contributed by atoms with E-state index in [1.165, 1.54) is 30.3 Å². The number of aliphatic hydroxyl groups is 1. The van der Waals surface area contributed by atoms with Crippen LogP contribution < -0.4 is 0 Å². The van der Waals surface area contributed by atoms with E-state index >= 15 is 0 Å². The van der Waals surface area contributed by atoms with Gasteiger partial charge in [0.2, 0.25) is 5.91 Å². The molecule has 0 radical (unpaired) electrons. The summed E-state index contributed by atoms with van der Waals surface area (Å²) in [5.74, 6) is -4.24. The number of amides is 1. The van der Waals surface area contributed by atoms with E-state index in [9.17, 15) is 23.5 Å². The molecule has 2 rings (SSSR count). The zero-order valence-electron chi connectivity index (χ0n) is 16.5. The van der Waals surface area contributed by atoms with Crippen LogP contribution in [0.1, 0.15) is 56.9 Å². The third-order valence-corrected chi connectivity index (χ3v) is 5.20. The minimum atomic E-state index is -3.41. The number of piperidine rings is 1. The summed E-state index contributed by atoms with van der Waals surface area (Å²) >= 11 is 0. The molecule has 7 heteroatoms. The van der Waals surface area contributed by atoms with Crippen LogP contribution in [-0.4, -0.2) is 45.7 Å². The summed E-state index contributed by atoms with van der Waals surface area (Å²) in [6.07, 6.45) is 5.50. The number of aliphatic hydroxyl groups excluding tert-OH is 1. The topological polar surface area (TPSA) is 77.8 Å². The first-order valence-corrected chi connectivity index (χ1v) is 10.1. The Morgan fingerprint density at radius 3 is 2.59 bits per heavy atom. The van der Waals surface area contributed by atoms with E-state index in [4.69, 9.17) is 5.11 Å². The Morgan fingerprint density at radius 1 is 1.21 bits per heavy atom. The van der Waals surface area contributed by atoms with Crippen molar-refractivity contribution < 1.29 is 28.6 Å². The Morgan fingerprint density at radius 2 is 1.90 bits per heavy atom. The van der Waals surface area contributed by atoms with Gasteiger partial charge in [-0.3, -0.25) is 9.59 Å². The molecule has 1 aliphatic rings. The van der Waals surface area contributed by atoms with Crippen LogP contribution in [0.25, 0.3) is 0 Å². The summed E-state index contributed by atoms with van der Waals surface area (Å²) in [5, 5.41) is 18.7. The molecule has 1 saturated heterocycles. The SMILES string of the molecule is O=C(O)CCCCCCN1C(=O)CCCC1/C=C/[C@@H](O)C(F)(F)c1ccccc1. The van der Waals surface area contributed by atoms with Crippen molar-refractivity contribution in [3.8, 4) is 0 Å². The number of nitrogens with zero attached hydrogens (tertiary/aromatic N) is 1. The number of halogens is 2. The number of likely N-dealkylation sites (tertiary alicyclic amines) is 1. The Bertz CT molecular complexity index is 693. The Labute approximate surface area is 170 Å². The molecule has 0 bridgehead atoms. The van der Waals surface area contributed by atoms with Crippen molar-refractivity contribution in [2.45, 2.75) is 69.4 Å².